The van der Waals surface area contributed by atoms with Crippen molar-refractivity contribution in [1.82, 2.24) is 9.78 Å². The van der Waals surface area contributed by atoms with Gasteiger partial charge in [-0.15, -0.1) is 0 Å². The molecule has 1 aromatic rings. The van der Waals surface area contributed by atoms with E-state index in [-0.39, 0.29) is 6.61 Å². The highest BCUT2D eigenvalue weighted by Crippen LogP contribution is 2.07. The van der Waals surface area contributed by atoms with Gasteiger partial charge >= 0.3 is 0 Å². The molecule has 0 fully saturated rings. The molecule has 4 nitrogen and oxygen atoms in total. The van der Waals surface area contributed by atoms with Crippen LogP contribution in [0.3, 0.4) is 0 Å². The molecule has 0 amide bonds. The molecule has 0 saturated heterocycles. The molecule has 0 aliphatic rings. The molecule has 1 heterocycles. The summed E-state index contributed by atoms with van der Waals surface area (Å²) in [5.41, 5.74) is 0. The Hall–Kier alpha value is -1.03. The molecule has 0 radical (unpaired) electrons. The standard InChI is InChI=1S/C8H14N2O2/c1-2-10-7-8(6-9-10)12-5-3-4-11/h6-7,11H,2-5H2,1H3. The Balaban J connectivity index is 2.31. The Bertz CT molecular complexity index is 223. The van der Waals surface area contributed by atoms with Crippen LogP contribution in [-0.4, -0.2) is 28.1 Å². The summed E-state index contributed by atoms with van der Waals surface area (Å²) in [5, 5.41) is 12.5. The molecule has 0 spiro atoms. The van der Waals surface area contributed by atoms with Crippen molar-refractivity contribution in [3.05, 3.63) is 12.4 Å². The number of rotatable bonds is 5. The fourth-order valence-electron chi connectivity index (χ4n) is 0.847. The minimum absolute atomic E-state index is 0.169. The second kappa shape index (κ2) is 4.77. The summed E-state index contributed by atoms with van der Waals surface area (Å²) >= 11 is 0. The van der Waals surface area contributed by atoms with Crippen LogP contribution < -0.4 is 4.74 Å². The molecule has 1 N–H and O–H groups in total. The van der Waals surface area contributed by atoms with Gasteiger partial charge in [0.05, 0.1) is 19.0 Å². The van der Waals surface area contributed by atoms with Gasteiger partial charge < -0.3 is 9.84 Å². The van der Waals surface area contributed by atoms with Gasteiger partial charge in [0, 0.05) is 19.6 Å². The average molecular weight is 170 g/mol. The van der Waals surface area contributed by atoms with Gasteiger partial charge in [0.1, 0.15) is 0 Å². The van der Waals surface area contributed by atoms with E-state index in [2.05, 4.69) is 5.10 Å². The van der Waals surface area contributed by atoms with Crippen LogP contribution in [0, 0.1) is 0 Å². The van der Waals surface area contributed by atoms with E-state index >= 15 is 0 Å². The quantitative estimate of drug-likeness (QED) is 0.660. The molecule has 1 rings (SSSR count). The van der Waals surface area contributed by atoms with Crippen molar-refractivity contribution < 1.29 is 9.84 Å². The minimum Gasteiger partial charge on any atom is -0.490 e. The topological polar surface area (TPSA) is 47.3 Å². The van der Waals surface area contributed by atoms with E-state index in [9.17, 15) is 0 Å². The van der Waals surface area contributed by atoms with Crippen molar-refractivity contribution in [3.63, 3.8) is 0 Å². The van der Waals surface area contributed by atoms with Crippen LogP contribution in [0.2, 0.25) is 0 Å². The summed E-state index contributed by atoms with van der Waals surface area (Å²) in [6, 6.07) is 0. The number of aromatic nitrogens is 2. The van der Waals surface area contributed by atoms with Crippen molar-refractivity contribution in [1.29, 1.82) is 0 Å². The van der Waals surface area contributed by atoms with Crippen LogP contribution in [-0.2, 0) is 6.54 Å². The van der Waals surface area contributed by atoms with Gasteiger partial charge in [0.15, 0.2) is 5.75 Å². The summed E-state index contributed by atoms with van der Waals surface area (Å²) in [6.07, 6.45) is 4.19. The van der Waals surface area contributed by atoms with Gasteiger partial charge in [-0.2, -0.15) is 5.10 Å². The van der Waals surface area contributed by atoms with Crippen LogP contribution in [0.15, 0.2) is 12.4 Å². The van der Waals surface area contributed by atoms with E-state index in [1.54, 1.807) is 10.9 Å². The smallest absolute Gasteiger partial charge is 0.157 e. The first-order chi connectivity index (χ1) is 5.86. The summed E-state index contributed by atoms with van der Waals surface area (Å²) < 4.78 is 7.09. The van der Waals surface area contributed by atoms with Crippen molar-refractivity contribution >= 4 is 0 Å². The predicted molar refractivity (Wildman–Crippen MR) is 45.1 cm³/mol. The average Bonchev–Trinajstić information content (AvgIpc) is 2.53. The van der Waals surface area contributed by atoms with E-state index in [4.69, 9.17) is 9.84 Å². The van der Waals surface area contributed by atoms with Crippen LogP contribution in [0.1, 0.15) is 13.3 Å². The molecule has 0 aliphatic carbocycles. The Morgan fingerprint density at radius 1 is 1.67 bits per heavy atom. The first-order valence-electron chi connectivity index (χ1n) is 4.13. The number of hydrogen-bond donors (Lipinski definition) is 1. The lowest BCUT2D eigenvalue weighted by Gasteiger charge is -1.99. The van der Waals surface area contributed by atoms with Gasteiger partial charge in [-0.05, 0) is 6.92 Å². The fourth-order valence-corrected chi connectivity index (χ4v) is 0.847. The highest BCUT2D eigenvalue weighted by Gasteiger charge is 1.96. The SMILES string of the molecule is CCn1cc(OCCCO)cn1. The number of hydrogen-bond acceptors (Lipinski definition) is 3. The van der Waals surface area contributed by atoms with Crippen LogP contribution in [0.4, 0.5) is 0 Å². The van der Waals surface area contributed by atoms with Crippen molar-refractivity contribution in [2.45, 2.75) is 19.9 Å². The second-order valence-corrected chi connectivity index (χ2v) is 2.46. The third-order valence-electron chi connectivity index (χ3n) is 1.50. The molecule has 0 unspecified atom stereocenters. The van der Waals surface area contributed by atoms with E-state index < -0.39 is 0 Å². The monoisotopic (exact) mass is 170 g/mol. The summed E-state index contributed by atoms with van der Waals surface area (Å²) in [6.45, 7) is 3.59. The number of ether oxygens (including phenoxy) is 1. The first-order valence-corrected chi connectivity index (χ1v) is 4.13. The highest BCUT2D eigenvalue weighted by molar-refractivity contribution is 5.11. The van der Waals surface area contributed by atoms with Crippen molar-refractivity contribution in [3.8, 4) is 5.75 Å². The van der Waals surface area contributed by atoms with E-state index in [1.165, 1.54) is 0 Å². The van der Waals surface area contributed by atoms with Gasteiger partial charge in [0.25, 0.3) is 0 Å². The third kappa shape index (κ3) is 2.54. The maximum Gasteiger partial charge on any atom is 0.157 e. The van der Waals surface area contributed by atoms with Gasteiger partial charge in [-0.1, -0.05) is 0 Å². The van der Waals surface area contributed by atoms with Gasteiger partial charge in [-0.3, -0.25) is 4.68 Å². The molecule has 12 heavy (non-hydrogen) atoms. The molecule has 0 saturated carbocycles. The van der Waals surface area contributed by atoms with Crippen LogP contribution >= 0.6 is 0 Å². The molecule has 1 aromatic heterocycles. The molecular weight excluding hydrogens is 156 g/mol. The Labute approximate surface area is 71.8 Å². The maximum absolute atomic E-state index is 8.49. The lowest BCUT2D eigenvalue weighted by Crippen LogP contribution is -1.98. The lowest BCUT2D eigenvalue weighted by atomic mass is 10.5. The zero-order chi connectivity index (χ0) is 8.81. The van der Waals surface area contributed by atoms with E-state index in [0.717, 1.165) is 12.3 Å². The molecule has 68 valence electrons. The Morgan fingerprint density at radius 2 is 2.50 bits per heavy atom. The largest absolute Gasteiger partial charge is 0.490 e. The number of aryl methyl sites for hydroxylation is 1. The highest BCUT2D eigenvalue weighted by atomic mass is 16.5. The summed E-state index contributed by atoms with van der Waals surface area (Å²) in [7, 11) is 0. The zero-order valence-electron chi connectivity index (χ0n) is 7.23. The van der Waals surface area contributed by atoms with E-state index in [0.29, 0.717) is 13.0 Å². The maximum atomic E-state index is 8.49. The number of aliphatic hydroxyl groups is 1. The van der Waals surface area contributed by atoms with Crippen molar-refractivity contribution in [2.24, 2.45) is 0 Å². The summed E-state index contributed by atoms with van der Waals surface area (Å²) in [5.74, 6) is 0.769. The van der Waals surface area contributed by atoms with Gasteiger partial charge in [0.2, 0.25) is 0 Å². The molecule has 4 heteroatoms. The van der Waals surface area contributed by atoms with E-state index in [1.807, 2.05) is 13.1 Å². The lowest BCUT2D eigenvalue weighted by molar-refractivity contribution is 0.233. The summed E-state index contributed by atoms with van der Waals surface area (Å²) in [4.78, 5) is 0. The van der Waals surface area contributed by atoms with Crippen molar-refractivity contribution in [2.75, 3.05) is 13.2 Å². The second-order valence-electron chi connectivity index (χ2n) is 2.46. The van der Waals surface area contributed by atoms with Crippen LogP contribution in [0.5, 0.6) is 5.75 Å². The normalized spacial score (nSPS) is 10.2. The molecular formula is C8H14N2O2. The number of nitrogens with zero attached hydrogens (tertiary/aromatic N) is 2. The van der Waals surface area contributed by atoms with Crippen LogP contribution in [0.25, 0.3) is 0 Å². The molecule has 0 bridgehead atoms. The molecule has 0 aromatic carbocycles. The molecule has 0 aliphatic heterocycles. The minimum atomic E-state index is 0.169. The Morgan fingerprint density at radius 3 is 3.08 bits per heavy atom. The third-order valence-corrected chi connectivity index (χ3v) is 1.50. The Kier molecular flexibility index (Phi) is 3.60. The fraction of sp³-hybridized carbons (Fsp3) is 0.625. The van der Waals surface area contributed by atoms with Gasteiger partial charge in [-0.25, -0.2) is 0 Å². The number of aliphatic hydroxyl groups excluding tert-OH is 1. The first kappa shape index (κ1) is 9.06. The zero-order valence-corrected chi connectivity index (χ0v) is 7.23. The molecule has 0 atom stereocenters. The predicted octanol–water partition coefficient (Wildman–Crippen LogP) is 0.664.